The molecule has 6 rings (SSSR count). The number of hydrogen-bond acceptors (Lipinski definition) is 9. The molecule has 0 radical (unpaired) electrons. The van der Waals surface area contributed by atoms with Crippen molar-refractivity contribution in [3.63, 3.8) is 0 Å². The number of amides is 1. The fourth-order valence-corrected chi connectivity index (χ4v) is 6.89. The van der Waals surface area contributed by atoms with Crippen molar-refractivity contribution in [3.05, 3.63) is 113 Å². The van der Waals surface area contributed by atoms with Crippen LogP contribution >= 0.6 is 23.1 Å². The number of ketones is 1. The van der Waals surface area contributed by atoms with Crippen molar-refractivity contribution in [2.45, 2.75) is 16.1 Å². The molecule has 1 aliphatic heterocycles. The highest BCUT2D eigenvalue weighted by Gasteiger charge is 2.48. The molecular weight excluding hydrogens is 590 g/mol. The molecule has 1 atom stereocenters. The van der Waals surface area contributed by atoms with E-state index in [0.717, 1.165) is 22.4 Å². The maximum atomic E-state index is 14.5. The molecule has 1 fully saturated rings. The quantitative estimate of drug-likeness (QED) is 0.0673. The van der Waals surface area contributed by atoms with Crippen LogP contribution < -0.4 is 14.4 Å². The number of aliphatic hydroxyl groups excluding tert-OH is 1. The van der Waals surface area contributed by atoms with Crippen LogP contribution in [0, 0.1) is 5.82 Å². The Labute approximate surface area is 254 Å². The van der Waals surface area contributed by atoms with E-state index in [0.29, 0.717) is 21.4 Å². The van der Waals surface area contributed by atoms with E-state index in [2.05, 4.69) is 34.5 Å². The molecule has 43 heavy (non-hydrogen) atoms. The standard InChI is InChI=1S/C32H24FN3O5S2/c1-40-22-13-10-19(11-14-22)27-26(28(37)20-12-15-25(41-2)24(33)16-20)29(38)30(39)36(27)31-34-35-32(43-31)42-17-21-8-5-7-18-6-3-4-9-23(18)21/h3-16,27,37H,17H2,1-2H3/b28-26-. The lowest BCUT2D eigenvalue weighted by Crippen LogP contribution is -2.29. The van der Waals surface area contributed by atoms with E-state index >= 15 is 0 Å². The highest BCUT2D eigenvalue weighted by Crippen LogP contribution is 2.44. The number of hydrogen-bond donors (Lipinski definition) is 1. The average molecular weight is 614 g/mol. The van der Waals surface area contributed by atoms with Crippen molar-refractivity contribution >= 4 is 56.5 Å². The normalized spacial score (nSPS) is 16.2. The van der Waals surface area contributed by atoms with Gasteiger partial charge in [-0.15, -0.1) is 10.2 Å². The fraction of sp³-hybridized carbons (Fsp3) is 0.125. The number of fused-ring (bicyclic) bond motifs is 1. The smallest absolute Gasteiger partial charge is 0.301 e. The van der Waals surface area contributed by atoms with Crippen LogP contribution in [-0.2, 0) is 15.3 Å². The number of benzene rings is 4. The number of anilines is 1. The summed E-state index contributed by atoms with van der Waals surface area (Å²) in [5.74, 6) is -1.86. The molecule has 0 spiro atoms. The Bertz CT molecular complexity index is 1880. The van der Waals surface area contributed by atoms with Crippen LogP contribution in [0.2, 0.25) is 0 Å². The van der Waals surface area contributed by atoms with E-state index in [1.54, 1.807) is 24.3 Å². The maximum Gasteiger partial charge on any atom is 0.301 e. The van der Waals surface area contributed by atoms with Gasteiger partial charge in [-0.05, 0) is 52.2 Å². The molecule has 11 heteroatoms. The van der Waals surface area contributed by atoms with Crippen molar-refractivity contribution in [2.24, 2.45) is 0 Å². The molecule has 1 aliphatic rings. The first-order valence-corrected chi connectivity index (χ1v) is 14.9. The monoisotopic (exact) mass is 613 g/mol. The molecular formula is C32H24FN3O5S2. The second-order valence-electron chi connectivity index (χ2n) is 9.57. The topological polar surface area (TPSA) is 102 Å². The van der Waals surface area contributed by atoms with Crippen molar-refractivity contribution in [3.8, 4) is 11.5 Å². The molecule has 1 amide bonds. The van der Waals surface area contributed by atoms with Gasteiger partial charge in [-0.1, -0.05) is 77.7 Å². The first-order chi connectivity index (χ1) is 20.9. The highest BCUT2D eigenvalue weighted by atomic mass is 32.2. The largest absolute Gasteiger partial charge is 0.507 e. The second kappa shape index (κ2) is 11.9. The van der Waals surface area contributed by atoms with E-state index in [4.69, 9.17) is 9.47 Å². The predicted octanol–water partition coefficient (Wildman–Crippen LogP) is 6.77. The third-order valence-electron chi connectivity index (χ3n) is 7.13. The van der Waals surface area contributed by atoms with Crippen LogP contribution in [-0.4, -0.2) is 41.2 Å². The Morgan fingerprint density at radius 1 is 0.977 bits per heavy atom. The lowest BCUT2D eigenvalue weighted by Gasteiger charge is -2.22. The molecule has 1 saturated heterocycles. The van der Waals surface area contributed by atoms with Gasteiger partial charge in [0.05, 0.1) is 25.8 Å². The van der Waals surface area contributed by atoms with Crippen LogP contribution in [0.1, 0.15) is 22.7 Å². The summed E-state index contributed by atoms with van der Waals surface area (Å²) in [6.45, 7) is 0. The first-order valence-electron chi connectivity index (χ1n) is 13.1. The Kier molecular flexibility index (Phi) is 7.83. The molecule has 0 aliphatic carbocycles. The lowest BCUT2D eigenvalue weighted by molar-refractivity contribution is -0.132. The number of aliphatic hydroxyl groups is 1. The van der Waals surface area contributed by atoms with E-state index in [-0.39, 0.29) is 22.0 Å². The maximum absolute atomic E-state index is 14.5. The third-order valence-corrected chi connectivity index (χ3v) is 9.24. The van der Waals surface area contributed by atoms with Crippen molar-refractivity contribution in [2.75, 3.05) is 19.1 Å². The Morgan fingerprint density at radius 2 is 1.74 bits per heavy atom. The third kappa shape index (κ3) is 5.33. The van der Waals surface area contributed by atoms with E-state index in [1.807, 2.05) is 18.2 Å². The fourth-order valence-electron chi connectivity index (χ4n) is 5.02. The average Bonchev–Trinajstić information content (AvgIpc) is 3.61. The molecule has 1 unspecified atom stereocenters. The van der Waals surface area contributed by atoms with E-state index < -0.39 is 29.3 Å². The van der Waals surface area contributed by atoms with Gasteiger partial charge >= 0.3 is 5.91 Å². The van der Waals surface area contributed by atoms with Crippen LogP contribution in [0.4, 0.5) is 9.52 Å². The summed E-state index contributed by atoms with van der Waals surface area (Å²) in [5, 5.41) is 22.3. The number of nitrogens with zero attached hydrogens (tertiary/aromatic N) is 3. The zero-order chi connectivity index (χ0) is 30.1. The van der Waals surface area contributed by atoms with Gasteiger partial charge in [0.2, 0.25) is 5.13 Å². The molecule has 0 saturated carbocycles. The minimum Gasteiger partial charge on any atom is -0.507 e. The van der Waals surface area contributed by atoms with Crippen molar-refractivity contribution in [1.82, 2.24) is 10.2 Å². The number of Topliss-reactive ketones (excluding diaryl/α,β-unsaturated/α-hetero) is 1. The number of ether oxygens (including phenoxy) is 2. The summed E-state index contributed by atoms with van der Waals surface area (Å²) in [6, 6.07) is 23.8. The molecule has 216 valence electrons. The van der Waals surface area contributed by atoms with Gasteiger partial charge in [0, 0.05) is 11.3 Å². The van der Waals surface area contributed by atoms with Gasteiger partial charge in [0.15, 0.2) is 15.9 Å². The molecule has 1 aromatic heterocycles. The van der Waals surface area contributed by atoms with Gasteiger partial charge in [-0.25, -0.2) is 4.39 Å². The first kappa shape index (κ1) is 28.4. The number of carbonyl (C=O) groups excluding carboxylic acids is 2. The van der Waals surface area contributed by atoms with Gasteiger partial charge in [-0.2, -0.15) is 0 Å². The summed E-state index contributed by atoms with van der Waals surface area (Å²) in [6.07, 6.45) is 0. The van der Waals surface area contributed by atoms with Gasteiger partial charge in [0.1, 0.15) is 11.5 Å². The molecule has 5 aromatic rings. The van der Waals surface area contributed by atoms with Crippen LogP contribution in [0.25, 0.3) is 16.5 Å². The Hall–Kier alpha value is -4.74. The molecule has 0 bridgehead atoms. The van der Waals surface area contributed by atoms with Crippen molar-refractivity contribution in [1.29, 1.82) is 0 Å². The number of rotatable bonds is 8. The zero-order valence-corrected chi connectivity index (χ0v) is 24.6. The van der Waals surface area contributed by atoms with Gasteiger partial charge in [-0.3, -0.25) is 14.5 Å². The molecule has 2 heterocycles. The number of carbonyl (C=O) groups is 2. The molecule has 8 nitrogen and oxygen atoms in total. The minimum absolute atomic E-state index is 0.0221. The Balaban J connectivity index is 1.38. The lowest BCUT2D eigenvalue weighted by atomic mass is 9.95. The van der Waals surface area contributed by atoms with Crippen LogP contribution in [0.15, 0.2) is 94.8 Å². The van der Waals surface area contributed by atoms with Gasteiger partial charge < -0.3 is 14.6 Å². The minimum atomic E-state index is -1.04. The van der Waals surface area contributed by atoms with E-state index in [9.17, 15) is 19.1 Å². The van der Waals surface area contributed by atoms with Gasteiger partial charge in [0.25, 0.3) is 5.78 Å². The molecule has 1 N–H and O–H groups in total. The number of halogens is 1. The van der Waals surface area contributed by atoms with Crippen molar-refractivity contribution < 1.29 is 28.6 Å². The zero-order valence-electron chi connectivity index (χ0n) is 23.0. The Morgan fingerprint density at radius 3 is 2.49 bits per heavy atom. The number of aromatic nitrogens is 2. The highest BCUT2D eigenvalue weighted by molar-refractivity contribution is 8.00. The van der Waals surface area contributed by atoms with Crippen LogP contribution in [0.5, 0.6) is 11.5 Å². The number of methoxy groups -OCH3 is 2. The predicted molar refractivity (Wildman–Crippen MR) is 164 cm³/mol. The number of thioether (sulfide) groups is 1. The summed E-state index contributed by atoms with van der Waals surface area (Å²) in [4.78, 5) is 28.2. The van der Waals surface area contributed by atoms with Crippen LogP contribution in [0.3, 0.4) is 0 Å². The summed E-state index contributed by atoms with van der Waals surface area (Å²) < 4.78 is 25.4. The summed E-state index contributed by atoms with van der Waals surface area (Å²) in [7, 11) is 2.85. The molecule has 4 aromatic carbocycles. The second-order valence-corrected chi connectivity index (χ2v) is 11.7. The summed E-state index contributed by atoms with van der Waals surface area (Å²) >= 11 is 2.64. The summed E-state index contributed by atoms with van der Waals surface area (Å²) in [5.41, 5.74) is 1.49. The SMILES string of the molecule is COc1ccc(C2/C(=C(/O)c3ccc(OC)c(F)c3)C(=O)C(=O)N2c2nnc(SCc3cccc4ccccc34)s2)cc1. The van der Waals surface area contributed by atoms with E-state index in [1.165, 1.54) is 54.4 Å².